The van der Waals surface area contributed by atoms with Crippen LogP contribution in [-0.2, 0) is 15.6 Å². The molecule has 0 aliphatic carbocycles. The van der Waals surface area contributed by atoms with Crippen LogP contribution in [0.1, 0.15) is 19.6 Å². The van der Waals surface area contributed by atoms with E-state index in [2.05, 4.69) is 20.3 Å². The fourth-order valence-electron chi connectivity index (χ4n) is 2.29. The fraction of sp³-hybridized carbons (Fsp3) is 0.389. The molecule has 8 nitrogen and oxygen atoms in total. The third-order valence-corrected chi connectivity index (χ3v) is 5.18. The fourth-order valence-corrected chi connectivity index (χ4v) is 3.34. The second-order valence-electron chi connectivity index (χ2n) is 6.08. The summed E-state index contributed by atoms with van der Waals surface area (Å²) in [6.45, 7) is 4.78. The molecule has 0 aliphatic rings. The minimum Gasteiger partial charge on any atom is -0.466 e. The Balaban J connectivity index is 1.87. The van der Waals surface area contributed by atoms with E-state index in [0.29, 0.717) is 24.8 Å². The van der Waals surface area contributed by atoms with Crippen LogP contribution in [0.3, 0.4) is 0 Å². The summed E-state index contributed by atoms with van der Waals surface area (Å²) in [4.78, 5) is 4.56. The lowest BCUT2D eigenvalue weighted by Gasteiger charge is -2.19. The van der Waals surface area contributed by atoms with Crippen molar-refractivity contribution in [1.29, 1.82) is 0 Å². The summed E-state index contributed by atoms with van der Waals surface area (Å²) in [6, 6.07) is 11.6. The van der Waals surface area contributed by atoms with E-state index in [9.17, 15) is 13.5 Å². The standard InChI is InChI=1S/C18H26N4O4S/c1-3-19-17(21-14-18(2,23)16-10-7-13-26-16)20-11-12-22-27(24,25)15-8-5-4-6-9-15/h4-10,13,22-23H,3,11-12,14H2,1-2H3,(H2,19,20,21). The Bertz CT molecular complexity index is 818. The number of aliphatic imine (C=N–C) groups is 1. The topological polar surface area (TPSA) is 116 Å². The highest BCUT2D eigenvalue weighted by atomic mass is 32.2. The number of nitrogens with zero attached hydrogens (tertiary/aromatic N) is 1. The number of guanidine groups is 1. The van der Waals surface area contributed by atoms with Crippen molar-refractivity contribution >= 4 is 16.0 Å². The highest BCUT2D eigenvalue weighted by molar-refractivity contribution is 7.89. The van der Waals surface area contributed by atoms with Gasteiger partial charge in [0.05, 0.1) is 17.7 Å². The predicted molar refractivity (Wildman–Crippen MR) is 104 cm³/mol. The molecule has 0 saturated carbocycles. The minimum absolute atomic E-state index is 0.0889. The summed E-state index contributed by atoms with van der Waals surface area (Å²) >= 11 is 0. The quantitative estimate of drug-likeness (QED) is 0.287. The first-order chi connectivity index (χ1) is 12.8. The normalized spacial score (nSPS) is 14.6. The van der Waals surface area contributed by atoms with Gasteiger partial charge in [-0.15, -0.1) is 0 Å². The van der Waals surface area contributed by atoms with Gasteiger partial charge in [-0.25, -0.2) is 18.1 Å². The van der Waals surface area contributed by atoms with Gasteiger partial charge < -0.3 is 20.2 Å². The maximum Gasteiger partial charge on any atom is 0.240 e. The molecule has 0 spiro atoms. The number of sulfonamides is 1. The van der Waals surface area contributed by atoms with Crippen molar-refractivity contribution in [2.45, 2.75) is 24.3 Å². The van der Waals surface area contributed by atoms with E-state index in [4.69, 9.17) is 4.42 Å². The molecule has 0 aliphatic heterocycles. The number of hydrogen-bond acceptors (Lipinski definition) is 5. The summed E-state index contributed by atoms with van der Waals surface area (Å²) in [7, 11) is -3.54. The first-order valence-corrected chi connectivity index (χ1v) is 10.2. The molecule has 1 unspecified atom stereocenters. The van der Waals surface area contributed by atoms with Crippen LogP contribution in [-0.4, -0.2) is 45.7 Å². The van der Waals surface area contributed by atoms with Gasteiger partial charge in [0.2, 0.25) is 10.0 Å². The number of rotatable bonds is 9. The molecule has 0 fully saturated rings. The third-order valence-electron chi connectivity index (χ3n) is 3.70. The Kier molecular flexibility index (Phi) is 7.40. The molecule has 0 saturated heterocycles. The van der Waals surface area contributed by atoms with Gasteiger partial charge in [0.1, 0.15) is 11.4 Å². The lowest BCUT2D eigenvalue weighted by Crippen LogP contribution is -2.42. The Morgan fingerprint density at radius 3 is 2.52 bits per heavy atom. The van der Waals surface area contributed by atoms with Gasteiger partial charge in [-0.2, -0.15) is 0 Å². The summed E-state index contributed by atoms with van der Waals surface area (Å²) in [6.07, 6.45) is 1.50. The second-order valence-corrected chi connectivity index (χ2v) is 7.85. The summed E-state index contributed by atoms with van der Waals surface area (Å²) in [5.41, 5.74) is -1.24. The van der Waals surface area contributed by atoms with Crippen LogP contribution in [0.5, 0.6) is 0 Å². The zero-order valence-electron chi connectivity index (χ0n) is 15.5. The van der Waals surface area contributed by atoms with Gasteiger partial charge in [-0.3, -0.25) is 0 Å². The highest BCUT2D eigenvalue weighted by Gasteiger charge is 2.26. The van der Waals surface area contributed by atoms with E-state index in [-0.39, 0.29) is 18.0 Å². The van der Waals surface area contributed by atoms with Crippen LogP contribution >= 0.6 is 0 Å². The summed E-state index contributed by atoms with van der Waals surface area (Å²) in [5.74, 6) is 0.904. The van der Waals surface area contributed by atoms with Crippen molar-refractivity contribution in [3.05, 3.63) is 54.5 Å². The molecule has 0 bridgehead atoms. The first kappa shape index (κ1) is 20.9. The molecule has 4 N–H and O–H groups in total. The van der Waals surface area contributed by atoms with Crippen LogP contribution in [0.25, 0.3) is 0 Å². The first-order valence-electron chi connectivity index (χ1n) is 8.68. The number of benzene rings is 1. The van der Waals surface area contributed by atoms with E-state index >= 15 is 0 Å². The van der Waals surface area contributed by atoms with Crippen molar-refractivity contribution in [3.63, 3.8) is 0 Å². The highest BCUT2D eigenvalue weighted by Crippen LogP contribution is 2.20. The van der Waals surface area contributed by atoms with E-state index in [0.717, 1.165) is 0 Å². The monoisotopic (exact) mass is 394 g/mol. The van der Waals surface area contributed by atoms with E-state index in [1.807, 2.05) is 6.92 Å². The molecule has 9 heteroatoms. The van der Waals surface area contributed by atoms with Crippen molar-refractivity contribution in [1.82, 2.24) is 15.4 Å². The van der Waals surface area contributed by atoms with E-state index in [1.165, 1.54) is 18.4 Å². The molecular weight excluding hydrogens is 368 g/mol. The molecule has 2 aromatic rings. The number of furan rings is 1. The van der Waals surface area contributed by atoms with Gasteiger partial charge in [0, 0.05) is 19.6 Å². The Labute approximate surface area is 159 Å². The van der Waals surface area contributed by atoms with Crippen molar-refractivity contribution < 1.29 is 17.9 Å². The molecule has 1 heterocycles. The molecule has 0 radical (unpaired) electrons. The molecule has 1 atom stereocenters. The second kappa shape index (κ2) is 9.54. The Morgan fingerprint density at radius 1 is 1.15 bits per heavy atom. The SMILES string of the molecule is CCNC(=NCC(C)(O)c1ccco1)NCCNS(=O)(=O)c1ccccc1. The zero-order valence-corrected chi connectivity index (χ0v) is 16.3. The average Bonchev–Trinajstić information content (AvgIpc) is 3.20. The summed E-state index contributed by atoms with van der Waals surface area (Å²) in [5, 5.41) is 16.5. The Hall–Kier alpha value is -2.36. The number of aliphatic hydroxyl groups is 1. The maximum atomic E-state index is 12.2. The molecular formula is C18H26N4O4S. The smallest absolute Gasteiger partial charge is 0.240 e. The van der Waals surface area contributed by atoms with Crippen LogP contribution in [0.4, 0.5) is 0 Å². The van der Waals surface area contributed by atoms with Crippen molar-refractivity contribution in [2.24, 2.45) is 4.99 Å². The van der Waals surface area contributed by atoms with Gasteiger partial charge in [-0.05, 0) is 38.1 Å². The van der Waals surface area contributed by atoms with Gasteiger partial charge in [0.25, 0.3) is 0 Å². The Morgan fingerprint density at radius 2 is 1.89 bits per heavy atom. The van der Waals surface area contributed by atoms with E-state index in [1.54, 1.807) is 37.3 Å². The number of nitrogens with one attached hydrogen (secondary N) is 3. The van der Waals surface area contributed by atoms with Crippen LogP contribution < -0.4 is 15.4 Å². The molecule has 0 amide bonds. The molecule has 2 rings (SSSR count). The van der Waals surface area contributed by atoms with Crippen molar-refractivity contribution in [3.8, 4) is 0 Å². The number of hydrogen-bond donors (Lipinski definition) is 4. The summed E-state index contributed by atoms with van der Waals surface area (Å²) < 4.78 is 32.1. The zero-order chi connectivity index (χ0) is 19.8. The molecule has 1 aromatic carbocycles. The third kappa shape index (κ3) is 6.38. The lowest BCUT2D eigenvalue weighted by atomic mass is 10.0. The van der Waals surface area contributed by atoms with Gasteiger partial charge in [0.15, 0.2) is 5.96 Å². The van der Waals surface area contributed by atoms with Crippen LogP contribution in [0, 0.1) is 0 Å². The molecule has 148 valence electrons. The van der Waals surface area contributed by atoms with Gasteiger partial charge >= 0.3 is 0 Å². The van der Waals surface area contributed by atoms with Crippen LogP contribution in [0.15, 0.2) is 63.0 Å². The average molecular weight is 394 g/mol. The minimum atomic E-state index is -3.54. The van der Waals surface area contributed by atoms with Gasteiger partial charge in [-0.1, -0.05) is 18.2 Å². The maximum absolute atomic E-state index is 12.2. The van der Waals surface area contributed by atoms with Crippen molar-refractivity contribution in [2.75, 3.05) is 26.2 Å². The van der Waals surface area contributed by atoms with Crippen LogP contribution in [0.2, 0.25) is 0 Å². The lowest BCUT2D eigenvalue weighted by molar-refractivity contribution is 0.0437. The molecule has 1 aromatic heterocycles. The van der Waals surface area contributed by atoms with E-state index < -0.39 is 15.6 Å². The predicted octanol–water partition coefficient (Wildman–Crippen LogP) is 1.02. The molecule has 27 heavy (non-hydrogen) atoms. The largest absolute Gasteiger partial charge is 0.466 e.